The number of hydrogen-bond donors (Lipinski definition) is 0. The molecular weight excluding hydrogens is 571 g/mol. The van der Waals surface area contributed by atoms with E-state index in [1.807, 2.05) is 0 Å². The van der Waals surface area contributed by atoms with Crippen LogP contribution >= 0.6 is 17.0 Å². The second-order valence-electron chi connectivity index (χ2n) is 9.64. The first-order valence-corrected chi connectivity index (χ1v) is 19.7. The molecule has 3 heteroatoms. The molecule has 0 heterocycles. The molecule has 0 fully saturated rings. The van der Waals surface area contributed by atoms with E-state index in [0.717, 1.165) is 12.8 Å². The van der Waals surface area contributed by atoms with Gasteiger partial charge in [0.05, 0.1) is 0 Å². The molecule has 0 atom stereocenters. The topological polar surface area (TPSA) is 0 Å². The van der Waals surface area contributed by atoms with Crippen molar-refractivity contribution in [1.82, 2.24) is 0 Å². The molecule has 4 aromatic rings. The van der Waals surface area contributed by atoms with Crippen molar-refractivity contribution < 1.29 is 20.8 Å². The van der Waals surface area contributed by atoms with E-state index in [1.165, 1.54) is 94.2 Å². The van der Waals surface area contributed by atoms with Gasteiger partial charge in [-0.15, -0.1) is 22.3 Å². The Morgan fingerprint density at radius 1 is 0.622 bits per heavy atom. The molecule has 0 aliphatic heterocycles. The molecule has 188 valence electrons. The first-order chi connectivity index (χ1) is 18.2. The number of fused-ring (bicyclic) bond motifs is 6. The molecule has 0 amide bonds. The average molecular weight is 605 g/mol. The van der Waals surface area contributed by atoms with Crippen molar-refractivity contribution in [3.63, 3.8) is 0 Å². The van der Waals surface area contributed by atoms with Gasteiger partial charge in [-0.05, 0) is 35.1 Å². The number of benzene rings is 4. The third kappa shape index (κ3) is 6.86. The van der Waals surface area contributed by atoms with Crippen LogP contribution in [0.15, 0.2) is 72.8 Å². The van der Waals surface area contributed by atoms with Crippen LogP contribution in [-0.4, -0.2) is 0 Å². The molecule has 0 spiro atoms. The Kier molecular flexibility index (Phi) is 11.1. The number of rotatable bonds is 6. The zero-order chi connectivity index (χ0) is 26.0. The van der Waals surface area contributed by atoms with Crippen LogP contribution in [0.25, 0.3) is 22.3 Å². The average Bonchev–Trinajstić information content (AvgIpc) is 3.51. The summed E-state index contributed by atoms with van der Waals surface area (Å²) in [7, 11) is 9.87. The third-order valence-corrected chi connectivity index (χ3v) is 7.30. The van der Waals surface area contributed by atoms with E-state index in [0.29, 0.717) is 0 Å². The van der Waals surface area contributed by atoms with Gasteiger partial charge in [-0.2, -0.15) is 47.5 Å². The van der Waals surface area contributed by atoms with Crippen LogP contribution < -0.4 is 0 Å². The van der Waals surface area contributed by atoms with Crippen LogP contribution in [-0.2, 0) is 46.5 Å². The summed E-state index contributed by atoms with van der Waals surface area (Å²) in [6.07, 6.45) is 9.59. The van der Waals surface area contributed by atoms with Crippen LogP contribution in [0.4, 0.5) is 0 Å². The summed E-state index contributed by atoms with van der Waals surface area (Å²) >= 11 is -0.826. The molecule has 37 heavy (non-hydrogen) atoms. The van der Waals surface area contributed by atoms with Crippen LogP contribution in [0, 0.1) is 12.1 Å². The van der Waals surface area contributed by atoms with Crippen molar-refractivity contribution in [2.45, 2.75) is 65.2 Å². The zero-order valence-electron chi connectivity index (χ0n) is 21.8. The van der Waals surface area contributed by atoms with E-state index in [1.54, 1.807) is 0 Å². The Bertz CT molecular complexity index is 1210. The van der Waals surface area contributed by atoms with E-state index >= 15 is 0 Å². The summed E-state index contributed by atoms with van der Waals surface area (Å²) in [5.41, 5.74) is 14.6. The van der Waals surface area contributed by atoms with Crippen molar-refractivity contribution in [2.24, 2.45) is 0 Å². The second-order valence-corrected chi connectivity index (χ2v) is 13.4. The Morgan fingerprint density at radius 2 is 1.03 bits per heavy atom. The molecule has 0 nitrogen and oxygen atoms in total. The van der Waals surface area contributed by atoms with Gasteiger partial charge < -0.3 is 0 Å². The molecule has 0 radical (unpaired) electrons. The Hall–Kier alpha value is -1.66. The van der Waals surface area contributed by atoms with Gasteiger partial charge in [0.1, 0.15) is 0 Å². The quantitative estimate of drug-likeness (QED) is 0.166. The number of hydrogen-bond acceptors (Lipinski definition) is 0. The normalized spacial score (nSPS) is 11.6. The third-order valence-electron chi connectivity index (χ3n) is 7.30. The molecule has 0 N–H and O–H groups in total. The minimum atomic E-state index is -0.826. The van der Waals surface area contributed by atoms with Crippen molar-refractivity contribution in [2.75, 3.05) is 0 Å². The summed E-state index contributed by atoms with van der Waals surface area (Å²) in [6.45, 7) is 4.50. The fourth-order valence-electron chi connectivity index (χ4n) is 5.47. The van der Waals surface area contributed by atoms with E-state index in [-0.39, 0.29) is 0 Å². The first-order valence-electron chi connectivity index (χ1n) is 13.4. The predicted molar refractivity (Wildman–Crippen MR) is 156 cm³/mol. The number of halogens is 2. The molecule has 0 unspecified atom stereocenters. The van der Waals surface area contributed by atoms with Gasteiger partial charge in [0.2, 0.25) is 0 Å². The van der Waals surface area contributed by atoms with Crippen LogP contribution in [0.5, 0.6) is 0 Å². The van der Waals surface area contributed by atoms with Gasteiger partial charge in [0.15, 0.2) is 0 Å². The summed E-state index contributed by atoms with van der Waals surface area (Å²) in [4.78, 5) is 0. The summed E-state index contributed by atoms with van der Waals surface area (Å²) in [6, 6.07) is 33.0. The zero-order valence-corrected chi connectivity index (χ0v) is 25.8. The van der Waals surface area contributed by atoms with Crippen molar-refractivity contribution in [3.05, 3.63) is 118 Å². The van der Waals surface area contributed by atoms with Crippen LogP contribution in [0.3, 0.4) is 0 Å². The predicted octanol–water partition coefficient (Wildman–Crippen LogP) is 10.2. The van der Waals surface area contributed by atoms with Gasteiger partial charge in [-0.1, -0.05) is 101 Å². The molecule has 2 aliphatic carbocycles. The van der Waals surface area contributed by atoms with Crippen LogP contribution in [0.1, 0.15) is 72.9 Å². The minimum absolute atomic E-state index is 0.826. The van der Waals surface area contributed by atoms with Gasteiger partial charge in [0.25, 0.3) is 0 Å². The molecule has 0 saturated heterocycles. The van der Waals surface area contributed by atoms with Crippen molar-refractivity contribution in [3.8, 4) is 22.3 Å². The van der Waals surface area contributed by atoms with Gasteiger partial charge in [0, 0.05) is 0 Å². The summed E-state index contributed by atoms with van der Waals surface area (Å²) in [5.74, 6) is 0. The Morgan fingerprint density at radius 3 is 1.43 bits per heavy atom. The van der Waals surface area contributed by atoms with Crippen LogP contribution in [0.2, 0.25) is 0 Å². The van der Waals surface area contributed by atoms with Gasteiger partial charge in [-0.25, -0.2) is 0 Å². The molecule has 2 aliphatic rings. The number of aryl methyl sites for hydroxylation is 2. The molecule has 4 aromatic carbocycles. The van der Waals surface area contributed by atoms with Gasteiger partial charge in [-0.3, -0.25) is 0 Å². The molecule has 0 bridgehead atoms. The fourth-order valence-corrected chi connectivity index (χ4v) is 5.47. The van der Waals surface area contributed by atoms with Crippen molar-refractivity contribution >= 4 is 17.0 Å². The number of unbranched alkanes of at least 4 members (excludes halogenated alkanes) is 2. The van der Waals surface area contributed by atoms with E-state index in [2.05, 4.69) is 98.8 Å². The summed E-state index contributed by atoms with van der Waals surface area (Å²) < 4.78 is 0. The second kappa shape index (κ2) is 14.5. The fraction of sp³-hybridized carbons (Fsp3) is 0.294. The van der Waals surface area contributed by atoms with E-state index in [4.69, 9.17) is 17.0 Å². The molecular formula is C34H34Cl2Zr. The standard InChI is InChI=1S/2C17H17.2ClH.Zr/c2*1-2-3-7-13-9-6-11-16-15-10-5-4-8-14(15)12-17(13)16;;;/h2*4-6,8,10-11H,2-3,7,12H2,1H3;2*1H;/q2*-1;;;+4/p-2. The Labute approximate surface area is 242 Å². The van der Waals surface area contributed by atoms with Crippen molar-refractivity contribution in [1.29, 1.82) is 0 Å². The van der Waals surface area contributed by atoms with E-state index in [9.17, 15) is 0 Å². The molecule has 6 rings (SSSR count). The molecule has 0 aromatic heterocycles. The first kappa shape index (κ1) is 28.4. The van der Waals surface area contributed by atoms with E-state index < -0.39 is 20.8 Å². The Balaban J connectivity index is 0.000000157. The maximum atomic E-state index is 4.93. The monoisotopic (exact) mass is 602 g/mol. The molecule has 0 saturated carbocycles. The van der Waals surface area contributed by atoms with Gasteiger partial charge >= 0.3 is 37.9 Å². The maximum absolute atomic E-state index is 4.93. The SMILES string of the molecule is CCCCc1[c-]ccc2c1Cc1ccccc1-2.CCCCc1[c-]ccc2c1Cc1ccccc1-2.[Cl][Zr+2][Cl]. The summed E-state index contributed by atoms with van der Waals surface area (Å²) in [5, 5.41) is 0.